The van der Waals surface area contributed by atoms with Gasteiger partial charge < -0.3 is 15.4 Å². The second kappa shape index (κ2) is 7.29. The maximum absolute atomic E-state index is 11.7. The minimum atomic E-state index is 0.0613. The van der Waals surface area contributed by atoms with E-state index < -0.39 is 0 Å². The molecular formula is C16H24N2O2. The molecule has 1 amide bonds. The molecule has 1 aromatic rings. The zero-order valence-corrected chi connectivity index (χ0v) is 12.4. The monoisotopic (exact) mass is 276 g/mol. The third kappa shape index (κ3) is 3.73. The van der Waals surface area contributed by atoms with Crippen molar-refractivity contribution in [2.45, 2.75) is 39.2 Å². The van der Waals surface area contributed by atoms with Gasteiger partial charge >= 0.3 is 0 Å². The molecule has 0 spiro atoms. The van der Waals surface area contributed by atoms with Gasteiger partial charge in [-0.15, -0.1) is 0 Å². The molecule has 20 heavy (non-hydrogen) atoms. The fraction of sp³-hybridized carbons (Fsp3) is 0.562. The molecule has 0 radical (unpaired) electrons. The molecule has 1 heterocycles. The van der Waals surface area contributed by atoms with Crippen molar-refractivity contribution in [1.29, 1.82) is 0 Å². The average Bonchev–Trinajstić information content (AvgIpc) is 2.66. The van der Waals surface area contributed by atoms with Gasteiger partial charge in [-0.05, 0) is 31.7 Å². The SMILES string of the molecule is CCCNC(=O)CNC1CCCOc2c(C)cccc21. The van der Waals surface area contributed by atoms with Crippen LogP contribution < -0.4 is 15.4 Å². The largest absolute Gasteiger partial charge is 0.493 e. The summed E-state index contributed by atoms with van der Waals surface area (Å²) in [6.07, 6.45) is 2.96. The number of aryl methyl sites for hydroxylation is 1. The van der Waals surface area contributed by atoms with Crippen LogP contribution in [0.3, 0.4) is 0 Å². The number of hydrogen-bond donors (Lipinski definition) is 2. The van der Waals surface area contributed by atoms with Gasteiger partial charge in [-0.3, -0.25) is 4.79 Å². The standard InChI is InChI=1S/C16H24N2O2/c1-3-9-17-15(19)11-18-14-8-5-10-20-16-12(2)6-4-7-13(14)16/h4,6-7,14,18H,3,5,8-11H2,1-2H3,(H,17,19). The second-order valence-corrected chi connectivity index (χ2v) is 5.27. The van der Waals surface area contributed by atoms with Gasteiger partial charge in [-0.1, -0.05) is 25.1 Å². The number of fused-ring (bicyclic) bond motifs is 1. The Bertz CT molecular complexity index is 460. The lowest BCUT2D eigenvalue weighted by Crippen LogP contribution is -2.36. The van der Waals surface area contributed by atoms with Crippen LogP contribution in [-0.2, 0) is 4.79 Å². The molecule has 4 nitrogen and oxygen atoms in total. The predicted octanol–water partition coefficient (Wildman–Crippen LogP) is 2.32. The van der Waals surface area contributed by atoms with Crippen LogP contribution >= 0.6 is 0 Å². The molecule has 2 N–H and O–H groups in total. The van der Waals surface area contributed by atoms with Gasteiger partial charge in [0.05, 0.1) is 13.2 Å². The summed E-state index contributed by atoms with van der Waals surface area (Å²) < 4.78 is 5.84. The third-order valence-electron chi connectivity index (χ3n) is 3.58. The number of rotatable bonds is 5. The summed E-state index contributed by atoms with van der Waals surface area (Å²) in [5, 5.41) is 6.25. The van der Waals surface area contributed by atoms with E-state index in [9.17, 15) is 4.79 Å². The Balaban J connectivity index is 2.02. The van der Waals surface area contributed by atoms with Gasteiger partial charge in [0, 0.05) is 18.2 Å². The molecule has 1 atom stereocenters. The first-order valence-electron chi connectivity index (χ1n) is 7.44. The van der Waals surface area contributed by atoms with Crippen LogP contribution in [0.5, 0.6) is 5.75 Å². The van der Waals surface area contributed by atoms with Crippen LogP contribution in [0.25, 0.3) is 0 Å². The Hall–Kier alpha value is -1.55. The highest BCUT2D eigenvalue weighted by Gasteiger charge is 2.21. The van der Waals surface area contributed by atoms with Crippen LogP contribution in [0.15, 0.2) is 18.2 Å². The molecule has 0 fully saturated rings. The van der Waals surface area contributed by atoms with Crippen molar-refractivity contribution >= 4 is 5.91 Å². The van der Waals surface area contributed by atoms with Crippen molar-refractivity contribution in [3.63, 3.8) is 0 Å². The predicted molar refractivity (Wildman–Crippen MR) is 80.0 cm³/mol. The highest BCUT2D eigenvalue weighted by atomic mass is 16.5. The van der Waals surface area contributed by atoms with Crippen molar-refractivity contribution in [2.75, 3.05) is 19.7 Å². The van der Waals surface area contributed by atoms with Crippen molar-refractivity contribution in [1.82, 2.24) is 10.6 Å². The third-order valence-corrected chi connectivity index (χ3v) is 3.58. The van der Waals surface area contributed by atoms with Crippen LogP contribution in [0.4, 0.5) is 0 Å². The highest BCUT2D eigenvalue weighted by molar-refractivity contribution is 5.78. The van der Waals surface area contributed by atoms with Crippen molar-refractivity contribution in [3.05, 3.63) is 29.3 Å². The van der Waals surface area contributed by atoms with Gasteiger partial charge in [-0.2, -0.15) is 0 Å². The van der Waals surface area contributed by atoms with Crippen LogP contribution in [-0.4, -0.2) is 25.6 Å². The summed E-state index contributed by atoms with van der Waals surface area (Å²) in [5.41, 5.74) is 2.33. The van der Waals surface area contributed by atoms with E-state index in [0.717, 1.165) is 43.7 Å². The van der Waals surface area contributed by atoms with E-state index in [0.29, 0.717) is 6.54 Å². The van der Waals surface area contributed by atoms with Crippen molar-refractivity contribution in [2.24, 2.45) is 0 Å². The Morgan fingerprint density at radius 2 is 2.30 bits per heavy atom. The summed E-state index contributed by atoms with van der Waals surface area (Å²) in [6, 6.07) is 6.40. The van der Waals surface area contributed by atoms with Crippen molar-refractivity contribution < 1.29 is 9.53 Å². The molecule has 0 aromatic heterocycles. The quantitative estimate of drug-likeness (QED) is 0.868. The fourth-order valence-corrected chi connectivity index (χ4v) is 2.52. The first-order valence-corrected chi connectivity index (χ1v) is 7.44. The van der Waals surface area contributed by atoms with E-state index in [-0.39, 0.29) is 11.9 Å². The molecule has 1 aliphatic rings. The number of carbonyl (C=O) groups excluding carboxylic acids is 1. The molecule has 0 aliphatic carbocycles. The maximum atomic E-state index is 11.7. The van der Waals surface area contributed by atoms with Gasteiger partial charge in [0.1, 0.15) is 5.75 Å². The number of nitrogens with one attached hydrogen (secondary N) is 2. The van der Waals surface area contributed by atoms with E-state index in [1.807, 2.05) is 0 Å². The van der Waals surface area contributed by atoms with Crippen LogP contribution in [0, 0.1) is 6.92 Å². The summed E-state index contributed by atoms with van der Waals surface area (Å²) in [4.78, 5) is 11.7. The summed E-state index contributed by atoms with van der Waals surface area (Å²) >= 11 is 0. The summed E-state index contributed by atoms with van der Waals surface area (Å²) in [5.74, 6) is 1.04. The van der Waals surface area contributed by atoms with Gasteiger partial charge in [0.2, 0.25) is 5.91 Å². The zero-order valence-electron chi connectivity index (χ0n) is 12.4. The molecule has 110 valence electrons. The molecule has 4 heteroatoms. The number of amides is 1. The number of para-hydroxylation sites is 1. The highest BCUT2D eigenvalue weighted by Crippen LogP contribution is 2.33. The van der Waals surface area contributed by atoms with Gasteiger partial charge in [0.25, 0.3) is 0 Å². The Morgan fingerprint density at radius 3 is 3.10 bits per heavy atom. The Labute approximate surface area is 120 Å². The van der Waals surface area contributed by atoms with Gasteiger partial charge in [0.15, 0.2) is 0 Å². The van der Waals surface area contributed by atoms with Crippen molar-refractivity contribution in [3.8, 4) is 5.75 Å². The zero-order chi connectivity index (χ0) is 14.4. The van der Waals surface area contributed by atoms with E-state index >= 15 is 0 Å². The van der Waals surface area contributed by atoms with E-state index in [2.05, 4.69) is 42.7 Å². The lowest BCUT2D eigenvalue weighted by molar-refractivity contribution is -0.120. The van der Waals surface area contributed by atoms with Crippen LogP contribution in [0.2, 0.25) is 0 Å². The minimum absolute atomic E-state index is 0.0613. The minimum Gasteiger partial charge on any atom is -0.493 e. The first kappa shape index (κ1) is 14.9. The Morgan fingerprint density at radius 1 is 1.45 bits per heavy atom. The molecular weight excluding hydrogens is 252 g/mol. The smallest absolute Gasteiger partial charge is 0.233 e. The molecule has 1 aromatic carbocycles. The molecule has 0 saturated heterocycles. The fourth-order valence-electron chi connectivity index (χ4n) is 2.52. The molecule has 0 bridgehead atoms. The number of benzene rings is 1. The van der Waals surface area contributed by atoms with Gasteiger partial charge in [-0.25, -0.2) is 0 Å². The first-order chi connectivity index (χ1) is 9.72. The second-order valence-electron chi connectivity index (χ2n) is 5.27. The molecule has 2 rings (SSSR count). The lowest BCUT2D eigenvalue weighted by Gasteiger charge is -2.19. The average molecular weight is 276 g/mol. The number of hydrogen-bond acceptors (Lipinski definition) is 3. The van der Waals surface area contributed by atoms with E-state index in [1.54, 1.807) is 0 Å². The van der Waals surface area contributed by atoms with E-state index in [1.165, 1.54) is 5.56 Å². The Kier molecular flexibility index (Phi) is 5.41. The maximum Gasteiger partial charge on any atom is 0.233 e. The lowest BCUT2D eigenvalue weighted by atomic mass is 10.00. The normalized spacial score (nSPS) is 17.8. The molecule has 0 saturated carbocycles. The molecule has 1 aliphatic heterocycles. The van der Waals surface area contributed by atoms with Crippen LogP contribution in [0.1, 0.15) is 43.4 Å². The molecule has 1 unspecified atom stereocenters. The summed E-state index contributed by atoms with van der Waals surface area (Å²) in [7, 11) is 0. The number of ether oxygens (including phenoxy) is 1. The summed E-state index contributed by atoms with van der Waals surface area (Å²) in [6.45, 7) is 5.96. The topological polar surface area (TPSA) is 50.4 Å². The number of carbonyl (C=O) groups is 1. The van der Waals surface area contributed by atoms with E-state index in [4.69, 9.17) is 4.74 Å².